The van der Waals surface area contributed by atoms with Gasteiger partial charge in [0.25, 0.3) is 0 Å². The minimum absolute atomic E-state index is 0.0812. The summed E-state index contributed by atoms with van der Waals surface area (Å²) in [5.74, 6) is 2.41. The second-order valence-corrected chi connectivity index (χ2v) is 8.56. The zero-order valence-electron chi connectivity index (χ0n) is 15.8. The first-order valence-electron chi connectivity index (χ1n) is 10.0. The van der Waals surface area contributed by atoms with E-state index in [0.29, 0.717) is 12.5 Å². The number of thiazole rings is 1. The lowest BCUT2D eigenvalue weighted by atomic mass is 9.97. The van der Waals surface area contributed by atoms with Crippen molar-refractivity contribution < 1.29 is 9.47 Å². The van der Waals surface area contributed by atoms with Gasteiger partial charge in [-0.3, -0.25) is 0 Å². The lowest BCUT2D eigenvalue weighted by Crippen LogP contribution is -2.42. The van der Waals surface area contributed by atoms with Gasteiger partial charge in [0.15, 0.2) is 16.6 Å². The minimum atomic E-state index is 0.0812. The smallest absolute Gasteiger partial charge is 0.186 e. The molecule has 1 atom stereocenters. The van der Waals surface area contributed by atoms with E-state index < -0.39 is 0 Å². The predicted octanol–water partition coefficient (Wildman–Crippen LogP) is 3.94. The van der Waals surface area contributed by atoms with Crippen molar-refractivity contribution in [3.63, 3.8) is 0 Å². The van der Waals surface area contributed by atoms with Gasteiger partial charge in [-0.2, -0.15) is 0 Å². The molecule has 0 amide bonds. The van der Waals surface area contributed by atoms with Gasteiger partial charge in [-0.1, -0.05) is 35.6 Å². The van der Waals surface area contributed by atoms with E-state index in [-0.39, 0.29) is 6.10 Å². The van der Waals surface area contributed by atoms with Gasteiger partial charge in [-0.25, -0.2) is 4.98 Å². The molecule has 0 radical (unpaired) electrons. The van der Waals surface area contributed by atoms with Crippen LogP contribution in [0.4, 0.5) is 5.13 Å². The highest BCUT2D eigenvalue weighted by Crippen LogP contribution is 2.32. The van der Waals surface area contributed by atoms with Crippen molar-refractivity contribution in [3.8, 4) is 11.5 Å². The zero-order chi connectivity index (χ0) is 18.8. The molecule has 1 unspecified atom stereocenters. The van der Waals surface area contributed by atoms with Crippen LogP contribution >= 0.6 is 11.3 Å². The second kappa shape index (κ2) is 7.97. The fraction of sp³-hybridized carbons (Fsp3) is 0.409. The highest BCUT2D eigenvalue weighted by molar-refractivity contribution is 7.22. The third kappa shape index (κ3) is 3.80. The Morgan fingerprint density at radius 3 is 2.64 bits per heavy atom. The molecule has 2 aliphatic heterocycles. The average molecular weight is 396 g/mol. The molecule has 0 aliphatic carbocycles. The summed E-state index contributed by atoms with van der Waals surface area (Å²) in [5.41, 5.74) is 1.11. The van der Waals surface area contributed by atoms with Crippen molar-refractivity contribution in [2.24, 2.45) is 5.92 Å². The fourth-order valence-corrected chi connectivity index (χ4v) is 4.95. The number of aromatic nitrogens is 1. The number of fused-ring (bicyclic) bond motifs is 2. The van der Waals surface area contributed by atoms with Crippen molar-refractivity contribution in [3.05, 3.63) is 48.5 Å². The Morgan fingerprint density at radius 2 is 1.79 bits per heavy atom. The summed E-state index contributed by atoms with van der Waals surface area (Å²) in [7, 11) is 0. The van der Waals surface area contributed by atoms with Crippen LogP contribution in [0.2, 0.25) is 0 Å². The summed E-state index contributed by atoms with van der Waals surface area (Å²) in [6, 6.07) is 16.3. The number of benzene rings is 2. The van der Waals surface area contributed by atoms with E-state index in [9.17, 15) is 0 Å². The molecule has 0 bridgehead atoms. The molecule has 2 aromatic carbocycles. The van der Waals surface area contributed by atoms with E-state index in [0.717, 1.165) is 43.2 Å². The molecule has 1 fully saturated rings. The summed E-state index contributed by atoms with van der Waals surface area (Å²) < 4.78 is 13.1. The van der Waals surface area contributed by atoms with Crippen LogP contribution in [0.25, 0.3) is 10.2 Å². The Bertz CT molecular complexity index is 903. The summed E-state index contributed by atoms with van der Waals surface area (Å²) in [6.07, 6.45) is 2.49. The molecule has 1 saturated heterocycles. The van der Waals surface area contributed by atoms with Gasteiger partial charge in [-0.05, 0) is 49.6 Å². The number of para-hydroxylation sites is 3. The standard InChI is InChI=1S/C22H25N3O2S/c1-4-8-21-18(5-1)24-22(28-21)25-11-9-16(10-12-25)13-23-14-17-15-26-19-6-2-3-7-20(19)27-17/h1-8,16-17,23H,9-15H2. The topological polar surface area (TPSA) is 46.6 Å². The summed E-state index contributed by atoms with van der Waals surface area (Å²) in [6.45, 7) is 4.65. The maximum atomic E-state index is 6.02. The van der Waals surface area contributed by atoms with E-state index in [1.54, 1.807) is 11.3 Å². The number of nitrogens with zero attached hydrogens (tertiary/aromatic N) is 2. The van der Waals surface area contributed by atoms with Crippen LogP contribution in [0, 0.1) is 5.92 Å². The van der Waals surface area contributed by atoms with Crippen LogP contribution in [0.5, 0.6) is 11.5 Å². The molecule has 1 N–H and O–H groups in total. The third-order valence-corrected chi connectivity index (χ3v) is 6.64. The molecule has 1 aromatic heterocycles. The number of hydrogen-bond acceptors (Lipinski definition) is 6. The molecule has 6 heteroatoms. The molecule has 0 spiro atoms. The van der Waals surface area contributed by atoms with Crippen LogP contribution in [0.15, 0.2) is 48.5 Å². The molecule has 5 nitrogen and oxygen atoms in total. The predicted molar refractivity (Wildman–Crippen MR) is 114 cm³/mol. The van der Waals surface area contributed by atoms with Crippen LogP contribution in [0.3, 0.4) is 0 Å². The number of anilines is 1. The molecular formula is C22H25N3O2S. The summed E-state index contributed by atoms with van der Waals surface area (Å²) in [4.78, 5) is 7.24. The first-order valence-corrected chi connectivity index (χ1v) is 10.9. The lowest BCUT2D eigenvalue weighted by Gasteiger charge is -2.32. The van der Waals surface area contributed by atoms with Crippen molar-refractivity contribution in [1.29, 1.82) is 0 Å². The van der Waals surface area contributed by atoms with Gasteiger partial charge >= 0.3 is 0 Å². The van der Waals surface area contributed by atoms with Gasteiger partial charge in [-0.15, -0.1) is 0 Å². The van der Waals surface area contributed by atoms with Crippen LogP contribution in [-0.2, 0) is 0 Å². The van der Waals surface area contributed by atoms with Crippen LogP contribution < -0.4 is 19.7 Å². The average Bonchev–Trinajstić information content (AvgIpc) is 3.18. The van der Waals surface area contributed by atoms with Crippen molar-refractivity contribution in [2.45, 2.75) is 18.9 Å². The first-order chi connectivity index (χ1) is 13.8. The zero-order valence-corrected chi connectivity index (χ0v) is 16.7. The van der Waals surface area contributed by atoms with E-state index in [2.05, 4.69) is 34.5 Å². The van der Waals surface area contributed by atoms with E-state index in [1.807, 2.05) is 24.3 Å². The number of hydrogen-bond donors (Lipinski definition) is 1. The number of rotatable bonds is 5. The minimum Gasteiger partial charge on any atom is -0.486 e. The molecule has 28 heavy (non-hydrogen) atoms. The normalized spacial score (nSPS) is 19.9. The molecule has 3 aromatic rings. The van der Waals surface area contributed by atoms with Crippen LogP contribution in [-0.4, -0.2) is 43.9 Å². The summed E-state index contributed by atoms with van der Waals surface area (Å²) >= 11 is 1.80. The van der Waals surface area contributed by atoms with Gasteiger partial charge in [0.2, 0.25) is 0 Å². The van der Waals surface area contributed by atoms with Gasteiger partial charge in [0.05, 0.1) is 10.2 Å². The molecular weight excluding hydrogens is 370 g/mol. The fourth-order valence-electron chi connectivity index (χ4n) is 3.94. The number of nitrogens with one attached hydrogen (secondary N) is 1. The van der Waals surface area contributed by atoms with E-state index in [4.69, 9.17) is 14.5 Å². The van der Waals surface area contributed by atoms with Gasteiger partial charge in [0.1, 0.15) is 12.7 Å². The summed E-state index contributed by atoms with van der Waals surface area (Å²) in [5, 5.41) is 4.76. The largest absolute Gasteiger partial charge is 0.486 e. The van der Waals surface area contributed by atoms with Crippen LogP contribution in [0.1, 0.15) is 12.8 Å². The Morgan fingerprint density at radius 1 is 1.00 bits per heavy atom. The SMILES string of the molecule is c1ccc2c(c1)OCC(CNCC1CCN(c3nc4ccccc4s3)CC1)O2. The Balaban J connectivity index is 1.07. The Hall–Kier alpha value is -2.31. The monoisotopic (exact) mass is 395 g/mol. The molecule has 0 saturated carbocycles. The van der Waals surface area contributed by atoms with Crippen molar-refractivity contribution in [2.75, 3.05) is 37.7 Å². The van der Waals surface area contributed by atoms with Crippen molar-refractivity contribution in [1.82, 2.24) is 10.3 Å². The highest BCUT2D eigenvalue weighted by Gasteiger charge is 2.23. The molecule has 5 rings (SSSR count). The van der Waals surface area contributed by atoms with Crippen molar-refractivity contribution >= 4 is 26.7 Å². The Labute approximate surface area is 169 Å². The Kier molecular flexibility index (Phi) is 5.06. The number of piperidine rings is 1. The molecule has 146 valence electrons. The molecule has 2 aliphatic rings. The van der Waals surface area contributed by atoms with E-state index in [1.165, 1.54) is 22.7 Å². The van der Waals surface area contributed by atoms with E-state index >= 15 is 0 Å². The lowest BCUT2D eigenvalue weighted by molar-refractivity contribution is 0.0894. The quantitative estimate of drug-likeness (QED) is 0.709. The third-order valence-electron chi connectivity index (χ3n) is 5.54. The van der Waals surface area contributed by atoms with Gasteiger partial charge < -0.3 is 19.7 Å². The first kappa shape index (κ1) is 17.8. The van der Waals surface area contributed by atoms with Gasteiger partial charge in [0, 0.05) is 19.6 Å². The second-order valence-electron chi connectivity index (χ2n) is 7.55. The molecule has 3 heterocycles. The highest BCUT2D eigenvalue weighted by atomic mass is 32.1. The number of ether oxygens (including phenoxy) is 2. The maximum absolute atomic E-state index is 6.02. The maximum Gasteiger partial charge on any atom is 0.186 e.